The van der Waals surface area contributed by atoms with Crippen molar-refractivity contribution in [2.75, 3.05) is 17.7 Å². The largest absolute Gasteiger partial charge is 0.481 e. The van der Waals surface area contributed by atoms with E-state index in [1.165, 1.54) is 10.7 Å². The number of fused-ring (bicyclic) bond motifs is 1. The predicted octanol–water partition coefficient (Wildman–Crippen LogP) is 1.61. The number of imidazole rings is 1. The Hall–Kier alpha value is -3.43. The maximum Gasteiger partial charge on any atom is 0.313 e. The van der Waals surface area contributed by atoms with Crippen LogP contribution in [0.1, 0.15) is 23.8 Å². The number of carboxylic acid groups (broad SMARTS) is 1. The van der Waals surface area contributed by atoms with Gasteiger partial charge in [-0.1, -0.05) is 24.3 Å². The highest BCUT2D eigenvalue weighted by Crippen LogP contribution is 2.30. The smallest absolute Gasteiger partial charge is 0.313 e. The van der Waals surface area contributed by atoms with Gasteiger partial charge in [0.15, 0.2) is 11.3 Å². The first-order valence-electron chi connectivity index (χ1n) is 9.21. The number of amides is 1. The third-order valence-corrected chi connectivity index (χ3v) is 5.17. The molecule has 4 N–H and O–H groups in total. The first kappa shape index (κ1) is 18.9. The van der Waals surface area contributed by atoms with E-state index in [-0.39, 0.29) is 5.69 Å². The summed E-state index contributed by atoms with van der Waals surface area (Å²) in [6.07, 6.45) is 7.48. The summed E-state index contributed by atoms with van der Waals surface area (Å²) in [5.41, 5.74) is 0.264. The van der Waals surface area contributed by atoms with Crippen molar-refractivity contribution in [2.24, 2.45) is 5.92 Å². The second-order valence-corrected chi connectivity index (χ2v) is 7.37. The molecule has 1 amide bonds. The lowest BCUT2D eigenvalue weighted by Crippen LogP contribution is -2.45. The molecular weight excluding hydrogens is 379 g/mol. The number of rotatable bonds is 6. The number of halogens is 1. The SMILES string of the molecule is CNc1cc(NC2(C)C=CC=CC2C(=O)O)nn2c(C(=O)N[C@@H]3C[C@@H]3F)cnc12. The van der Waals surface area contributed by atoms with Crippen LogP contribution in [-0.2, 0) is 4.79 Å². The lowest BCUT2D eigenvalue weighted by molar-refractivity contribution is -0.141. The molecule has 10 heteroatoms. The maximum atomic E-state index is 13.1. The Labute approximate surface area is 165 Å². The molecule has 0 spiro atoms. The number of carboxylic acids is 1. The molecule has 0 aromatic carbocycles. The lowest BCUT2D eigenvalue weighted by atomic mass is 9.82. The van der Waals surface area contributed by atoms with Crippen molar-refractivity contribution in [2.45, 2.75) is 31.1 Å². The minimum Gasteiger partial charge on any atom is -0.481 e. The Balaban J connectivity index is 1.70. The van der Waals surface area contributed by atoms with Crippen LogP contribution in [0.4, 0.5) is 15.9 Å². The molecule has 0 saturated heterocycles. The Kier molecular flexibility index (Phi) is 4.48. The van der Waals surface area contributed by atoms with Gasteiger partial charge in [-0.2, -0.15) is 0 Å². The second kappa shape index (κ2) is 6.87. The van der Waals surface area contributed by atoms with E-state index >= 15 is 0 Å². The molecule has 1 saturated carbocycles. The molecule has 29 heavy (non-hydrogen) atoms. The standard InChI is InChI=1S/C19H21FN6O3/c1-19(6-4-3-5-10(19)18(28)29)24-15-8-13(21-2)16-22-9-14(26(16)25-15)17(27)23-12-7-11(12)20/h3-6,8-12,21H,7H2,1-2H3,(H,23,27)(H,24,25)(H,28,29)/t10?,11-,12+,19?/m0/s1. The van der Waals surface area contributed by atoms with Gasteiger partial charge in [0.2, 0.25) is 0 Å². The lowest BCUT2D eigenvalue weighted by Gasteiger charge is -2.34. The Morgan fingerprint density at radius 2 is 2.14 bits per heavy atom. The molecule has 1 fully saturated rings. The zero-order valence-electron chi connectivity index (χ0n) is 15.9. The third-order valence-electron chi connectivity index (χ3n) is 5.17. The van der Waals surface area contributed by atoms with Crippen LogP contribution in [0.15, 0.2) is 36.6 Å². The fourth-order valence-corrected chi connectivity index (χ4v) is 3.39. The van der Waals surface area contributed by atoms with Crippen molar-refractivity contribution in [3.05, 3.63) is 42.3 Å². The molecule has 0 aliphatic heterocycles. The van der Waals surface area contributed by atoms with E-state index in [1.807, 2.05) is 0 Å². The summed E-state index contributed by atoms with van der Waals surface area (Å²) in [5.74, 6) is -1.88. The van der Waals surface area contributed by atoms with Gasteiger partial charge >= 0.3 is 5.97 Å². The van der Waals surface area contributed by atoms with Crippen molar-refractivity contribution in [1.82, 2.24) is 19.9 Å². The molecule has 4 rings (SSSR count). The number of allylic oxidation sites excluding steroid dienone is 2. The molecule has 2 heterocycles. The number of aliphatic carboxylic acids is 1. The highest BCUT2D eigenvalue weighted by atomic mass is 19.1. The van der Waals surface area contributed by atoms with Crippen LogP contribution in [0.5, 0.6) is 0 Å². The maximum absolute atomic E-state index is 13.1. The van der Waals surface area contributed by atoms with Gasteiger partial charge < -0.3 is 21.1 Å². The van der Waals surface area contributed by atoms with E-state index in [1.54, 1.807) is 44.3 Å². The third kappa shape index (κ3) is 3.41. The predicted molar refractivity (Wildman–Crippen MR) is 105 cm³/mol. The summed E-state index contributed by atoms with van der Waals surface area (Å²) >= 11 is 0. The van der Waals surface area contributed by atoms with Crippen molar-refractivity contribution in [3.63, 3.8) is 0 Å². The first-order chi connectivity index (χ1) is 13.8. The average molecular weight is 400 g/mol. The number of aromatic nitrogens is 3. The molecule has 2 aromatic heterocycles. The zero-order valence-corrected chi connectivity index (χ0v) is 15.9. The molecule has 0 bridgehead atoms. The highest BCUT2D eigenvalue weighted by Gasteiger charge is 2.40. The average Bonchev–Trinajstić information content (AvgIpc) is 3.19. The summed E-state index contributed by atoms with van der Waals surface area (Å²) in [6.45, 7) is 1.76. The number of nitrogens with one attached hydrogen (secondary N) is 3. The van der Waals surface area contributed by atoms with Crippen molar-refractivity contribution in [1.29, 1.82) is 0 Å². The summed E-state index contributed by atoms with van der Waals surface area (Å²) < 4.78 is 14.5. The van der Waals surface area contributed by atoms with Gasteiger partial charge in [0, 0.05) is 19.5 Å². The summed E-state index contributed by atoms with van der Waals surface area (Å²) in [7, 11) is 1.70. The summed E-state index contributed by atoms with van der Waals surface area (Å²) in [4.78, 5) is 28.4. The first-order valence-corrected chi connectivity index (χ1v) is 9.21. The molecule has 2 aromatic rings. The van der Waals surface area contributed by atoms with Crippen molar-refractivity contribution in [3.8, 4) is 0 Å². The topological polar surface area (TPSA) is 121 Å². The summed E-state index contributed by atoms with van der Waals surface area (Å²) in [5, 5.41) is 22.8. The van der Waals surface area contributed by atoms with Crippen LogP contribution < -0.4 is 16.0 Å². The monoisotopic (exact) mass is 400 g/mol. The number of alkyl halides is 1. The van der Waals surface area contributed by atoms with Crippen molar-refractivity contribution >= 4 is 29.0 Å². The van der Waals surface area contributed by atoms with Gasteiger partial charge in [0.1, 0.15) is 17.9 Å². The Morgan fingerprint density at radius 1 is 1.38 bits per heavy atom. The van der Waals surface area contributed by atoms with E-state index in [9.17, 15) is 19.1 Å². The van der Waals surface area contributed by atoms with E-state index in [0.717, 1.165) is 0 Å². The van der Waals surface area contributed by atoms with Gasteiger partial charge in [-0.25, -0.2) is 13.9 Å². The van der Waals surface area contributed by atoms with Crippen LogP contribution in [0, 0.1) is 5.92 Å². The van der Waals surface area contributed by atoms with E-state index in [0.29, 0.717) is 23.6 Å². The Morgan fingerprint density at radius 3 is 2.79 bits per heavy atom. The number of anilines is 2. The van der Waals surface area contributed by atoms with Crippen LogP contribution in [0.2, 0.25) is 0 Å². The molecule has 4 atom stereocenters. The van der Waals surface area contributed by atoms with Gasteiger partial charge in [-0.05, 0) is 6.92 Å². The fourth-order valence-electron chi connectivity index (χ4n) is 3.39. The molecule has 2 aliphatic rings. The number of nitrogens with zero attached hydrogens (tertiary/aromatic N) is 3. The van der Waals surface area contributed by atoms with Crippen LogP contribution in [0.25, 0.3) is 5.65 Å². The van der Waals surface area contributed by atoms with E-state index < -0.39 is 35.5 Å². The minimum atomic E-state index is -1.02. The number of hydrogen-bond acceptors (Lipinski definition) is 6. The number of carbonyl (C=O) groups is 2. The zero-order chi connectivity index (χ0) is 20.8. The van der Waals surface area contributed by atoms with E-state index in [4.69, 9.17) is 0 Å². The normalized spacial score (nSPS) is 27.6. The van der Waals surface area contributed by atoms with E-state index in [2.05, 4.69) is 26.0 Å². The number of hydrogen-bond donors (Lipinski definition) is 4. The van der Waals surface area contributed by atoms with Gasteiger partial charge in [0.25, 0.3) is 5.91 Å². The second-order valence-electron chi connectivity index (χ2n) is 7.37. The van der Waals surface area contributed by atoms with Crippen LogP contribution in [-0.4, -0.2) is 56.4 Å². The van der Waals surface area contributed by atoms with Crippen molar-refractivity contribution < 1.29 is 19.1 Å². The van der Waals surface area contributed by atoms with Crippen LogP contribution >= 0.6 is 0 Å². The molecule has 2 aliphatic carbocycles. The Bertz CT molecular complexity index is 1050. The molecule has 0 radical (unpaired) electrons. The summed E-state index contributed by atoms with van der Waals surface area (Å²) in [6, 6.07) is 1.21. The van der Waals surface area contributed by atoms with Crippen LogP contribution in [0.3, 0.4) is 0 Å². The molecule has 9 nitrogen and oxygen atoms in total. The molecular formula is C19H21FN6O3. The van der Waals surface area contributed by atoms with Gasteiger partial charge in [0.05, 0.1) is 23.5 Å². The molecule has 152 valence electrons. The minimum absolute atomic E-state index is 0.165. The molecule has 2 unspecified atom stereocenters. The van der Waals surface area contributed by atoms with Gasteiger partial charge in [-0.3, -0.25) is 9.59 Å². The highest BCUT2D eigenvalue weighted by molar-refractivity contribution is 5.94. The number of carbonyl (C=O) groups excluding carboxylic acids is 1. The fraction of sp³-hybridized carbons (Fsp3) is 0.368. The van der Waals surface area contributed by atoms with Gasteiger partial charge in [-0.15, -0.1) is 5.10 Å². The quantitative estimate of drug-likeness (QED) is 0.581.